The minimum atomic E-state index is -0.201. The van der Waals surface area contributed by atoms with Gasteiger partial charge in [0.05, 0.1) is 6.61 Å². The van der Waals surface area contributed by atoms with E-state index in [0.717, 1.165) is 6.61 Å². The van der Waals surface area contributed by atoms with E-state index in [2.05, 4.69) is 50.3 Å². The van der Waals surface area contributed by atoms with Crippen LogP contribution >= 0.6 is 0 Å². The summed E-state index contributed by atoms with van der Waals surface area (Å²) in [6.07, 6.45) is 4.19. The van der Waals surface area contributed by atoms with Gasteiger partial charge in [-0.05, 0) is 19.4 Å². The summed E-state index contributed by atoms with van der Waals surface area (Å²) in [4.78, 5) is 0. The molecule has 68 valence electrons. The lowest BCUT2D eigenvalue weighted by atomic mass is 9.96. The van der Waals surface area contributed by atoms with Crippen molar-refractivity contribution in [3.8, 4) is 0 Å². The number of benzene rings is 1. The van der Waals surface area contributed by atoms with Crippen molar-refractivity contribution in [3.05, 3.63) is 47.5 Å². The van der Waals surface area contributed by atoms with Gasteiger partial charge in [-0.3, -0.25) is 0 Å². The van der Waals surface area contributed by atoms with Crippen molar-refractivity contribution in [1.82, 2.24) is 0 Å². The van der Waals surface area contributed by atoms with Gasteiger partial charge in [-0.15, -0.1) is 0 Å². The largest absolute Gasteiger partial charge is 0.362 e. The van der Waals surface area contributed by atoms with Gasteiger partial charge in [0.15, 0.2) is 0 Å². The Morgan fingerprint density at radius 2 is 1.92 bits per heavy atom. The van der Waals surface area contributed by atoms with Gasteiger partial charge in [0.1, 0.15) is 5.60 Å². The average molecular weight is 174 g/mol. The zero-order valence-corrected chi connectivity index (χ0v) is 8.08. The Hall–Kier alpha value is -1.08. The number of rotatable bonds is 1. The Bertz CT molecular complexity index is 323. The van der Waals surface area contributed by atoms with Gasteiger partial charge in [0.25, 0.3) is 0 Å². The maximum absolute atomic E-state index is 5.66. The molecule has 1 nitrogen and oxygen atoms in total. The summed E-state index contributed by atoms with van der Waals surface area (Å²) in [5.41, 5.74) is 2.31. The molecule has 0 bridgehead atoms. The van der Waals surface area contributed by atoms with Gasteiger partial charge in [0, 0.05) is 0 Å². The normalized spacial score (nSPS) is 26.6. The molecule has 1 aliphatic heterocycles. The van der Waals surface area contributed by atoms with Gasteiger partial charge in [-0.25, -0.2) is 0 Å². The molecule has 0 amide bonds. The van der Waals surface area contributed by atoms with Crippen LogP contribution in [0.3, 0.4) is 0 Å². The molecule has 0 unspecified atom stereocenters. The van der Waals surface area contributed by atoms with E-state index >= 15 is 0 Å². The standard InChI is InChI=1S/C12H14O/c1-10-4-6-11(7-5-10)12(2)8-3-9-13-12/h3-8H,9H2,1-2H3/t12-/m1/s1. The second kappa shape index (κ2) is 3.00. The summed E-state index contributed by atoms with van der Waals surface area (Å²) in [7, 11) is 0. The molecule has 1 atom stereocenters. The lowest BCUT2D eigenvalue weighted by Gasteiger charge is -2.22. The molecule has 0 radical (unpaired) electrons. The second-order valence-corrected chi connectivity index (χ2v) is 3.69. The third kappa shape index (κ3) is 1.52. The molecule has 13 heavy (non-hydrogen) atoms. The van der Waals surface area contributed by atoms with Crippen LogP contribution in [0.1, 0.15) is 18.1 Å². The Kier molecular flexibility index (Phi) is 1.97. The fraction of sp³-hybridized carbons (Fsp3) is 0.333. The zero-order chi connectivity index (χ0) is 9.31. The lowest BCUT2D eigenvalue weighted by Crippen LogP contribution is -2.18. The summed E-state index contributed by atoms with van der Waals surface area (Å²) >= 11 is 0. The first-order valence-electron chi connectivity index (χ1n) is 4.59. The van der Waals surface area contributed by atoms with Gasteiger partial charge in [0.2, 0.25) is 0 Å². The van der Waals surface area contributed by atoms with Crippen LogP contribution in [0.25, 0.3) is 0 Å². The maximum Gasteiger partial charge on any atom is 0.109 e. The first-order chi connectivity index (χ1) is 6.21. The Morgan fingerprint density at radius 1 is 1.23 bits per heavy atom. The number of ether oxygens (including phenoxy) is 1. The van der Waals surface area contributed by atoms with E-state index < -0.39 is 0 Å². The van der Waals surface area contributed by atoms with Crippen LogP contribution in [-0.4, -0.2) is 6.61 Å². The van der Waals surface area contributed by atoms with Crippen molar-refractivity contribution in [2.24, 2.45) is 0 Å². The van der Waals surface area contributed by atoms with Crippen molar-refractivity contribution in [3.63, 3.8) is 0 Å². The van der Waals surface area contributed by atoms with Crippen LogP contribution in [-0.2, 0) is 10.3 Å². The molecule has 0 spiro atoms. The molecular formula is C12H14O. The van der Waals surface area contributed by atoms with E-state index in [1.165, 1.54) is 11.1 Å². The number of hydrogen-bond donors (Lipinski definition) is 0. The van der Waals surface area contributed by atoms with Crippen LogP contribution in [0.5, 0.6) is 0 Å². The second-order valence-electron chi connectivity index (χ2n) is 3.69. The summed E-state index contributed by atoms with van der Waals surface area (Å²) in [6.45, 7) is 4.92. The first-order valence-corrected chi connectivity index (χ1v) is 4.59. The Balaban J connectivity index is 2.35. The van der Waals surface area contributed by atoms with E-state index in [0.29, 0.717) is 0 Å². The number of aryl methyl sites for hydroxylation is 1. The average Bonchev–Trinajstić information content (AvgIpc) is 2.54. The van der Waals surface area contributed by atoms with Crippen LogP contribution in [0.15, 0.2) is 36.4 Å². The third-order valence-electron chi connectivity index (χ3n) is 2.54. The maximum atomic E-state index is 5.66. The van der Waals surface area contributed by atoms with Gasteiger partial charge in [-0.2, -0.15) is 0 Å². The third-order valence-corrected chi connectivity index (χ3v) is 2.54. The Morgan fingerprint density at radius 3 is 2.46 bits per heavy atom. The van der Waals surface area contributed by atoms with E-state index in [-0.39, 0.29) is 5.60 Å². The molecule has 1 heteroatoms. The molecule has 1 heterocycles. The fourth-order valence-electron chi connectivity index (χ4n) is 1.61. The highest BCUT2D eigenvalue weighted by Gasteiger charge is 2.26. The minimum Gasteiger partial charge on any atom is -0.362 e. The van der Waals surface area contributed by atoms with Crippen LogP contribution in [0.4, 0.5) is 0 Å². The van der Waals surface area contributed by atoms with Crippen LogP contribution in [0.2, 0.25) is 0 Å². The predicted molar refractivity (Wildman–Crippen MR) is 53.6 cm³/mol. The molecule has 1 aromatic carbocycles. The van der Waals surface area contributed by atoms with Crippen molar-refractivity contribution in [1.29, 1.82) is 0 Å². The quantitative estimate of drug-likeness (QED) is 0.595. The lowest BCUT2D eigenvalue weighted by molar-refractivity contribution is 0.0390. The molecule has 1 aromatic rings. The molecule has 0 saturated heterocycles. The molecule has 0 aromatic heterocycles. The molecule has 1 aliphatic rings. The summed E-state index contributed by atoms with van der Waals surface area (Å²) < 4.78 is 5.66. The molecule has 0 fully saturated rings. The highest BCUT2D eigenvalue weighted by molar-refractivity contribution is 5.31. The highest BCUT2D eigenvalue weighted by atomic mass is 16.5. The topological polar surface area (TPSA) is 9.23 Å². The van der Waals surface area contributed by atoms with Crippen LogP contribution < -0.4 is 0 Å². The number of hydrogen-bond acceptors (Lipinski definition) is 1. The van der Waals surface area contributed by atoms with Gasteiger partial charge in [-0.1, -0.05) is 42.0 Å². The molecule has 0 N–H and O–H groups in total. The monoisotopic (exact) mass is 174 g/mol. The van der Waals surface area contributed by atoms with E-state index in [9.17, 15) is 0 Å². The summed E-state index contributed by atoms with van der Waals surface area (Å²) in [6, 6.07) is 8.50. The Labute approximate surface area is 79.0 Å². The highest BCUT2D eigenvalue weighted by Crippen LogP contribution is 2.30. The molecule has 2 rings (SSSR count). The van der Waals surface area contributed by atoms with Crippen molar-refractivity contribution >= 4 is 0 Å². The summed E-state index contributed by atoms with van der Waals surface area (Å²) in [5.74, 6) is 0. The van der Waals surface area contributed by atoms with Gasteiger partial charge < -0.3 is 4.74 Å². The van der Waals surface area contributed by atoms with Crippen molar-refractivity contribution in [2.45, 2.75) is 19.4 Å². The summed E-state index contributed by atoms with van der Waals surface area (Å²) in [5, 5.41) is 0. The van der Waals surface area contributed by atoms with E-state index in [4.69, 9.17) is 4.74 Å². The smallest absolute Gasteiger partial charge is 0.109 e. The SMILES string of the molecule is Cc1ccc([C@@]2(C)C=CCO2)cc1. The van der Waals surface area contributed by atoms with E-state index in [1.54, 1.807) is 0 Å². The fourth-order valence-corrected chi connectivity index (χ4v) is 1.61. The molecule has 0 saturated carbocycles. The predicted octanol–water partition coefficient (Wildman–Crippen LogP) is 2.80. The van der Waals surface area contributed by atoms with Gasteiger partial charge >= 0.3 is 0 Å². The van der Waals surface area contributed by atoms with Crippen LogP contribution in [0, 0.1) is 6.92 Å². The molecular weight excluding hydrogens is 160 g/mol. The first kappa shape index (κ1) is 8.52. The van der Waals surface area contributed by atoms with Crippen molar-refractivity contribution in [2.75, 3.05) is 6.61 Å². The minimum absolute atomic E-state index is 0.201. The van der Waals surface area contributed by atoms with E-state index in [1.807, 2.05) is 0 Å². The zero-order valence-electron chi connectivity index (χ0n) is 8.08. The van der Waals surface area contributed by atoms with Crippen molar-refractivity contribution < 1.29 is 4.74 Å². The molecule has 0 aliphatic carbocycles.